The topological polar surface area (TPSA) is 258 Å². The van der Waals surface area contributed by atoms with Crippen LogP contribution in [0, 0.1) is 26.0 Å². The van der Waals surface area contributed by atoms with Crippen molar-refractivity contribution in [3.05, 3.63) is 38.2 Å². The van der Waals surface area contributed by atoms with Gasteiger partial charge < -0.3 is 24.9 Å². The van der Waals surface area contributed by atoms with Crippen LogP contribution in [0.5, 0.6) is 0 Å². The third kappa shape index (κ3) is 9.88. The Bertz CT molecular complexity index is 983. The van der Waals surface area contributed by atoms with Gasteiger partial charge in [0.2, 0.25) is 5.82 Å². The van der Waals surface area contributed by atoms with Crippen molar-refractivity contribution in [1.82, 2.24) is 0 Å². The zero-order valence-electron chi connectivity index (χ0n) is 15.0. The molecule has 0 saturated heterocycles. The van der Waals surface area contributed by atoms with Gasteiger partial charge in [0.15, 0.2) is 0 Å². The number of nitro groups is 2. The van der Waals surface area contributed by atoms with Gasteiger partial charge in [-0.15, -0.1) is 0 Å². The van der Waals surface area contributed by atoms with Crippen molar-refractivity contribution in [3.63, 3.8) is 0 Å². The lowest BCUT2D eigenvalue weighted by Crippen LogP contribution is -2.07. The maximum atomic E-state index is 13.6. The molecule has 17 nitrogen and oxygen atoms in total. The number of anilines is 1. The van der Waals surface area contributed by atoms with E-state index in [0.29, 0.717) is 12.1 Å². The van der Waals surface area contributed by atoms with Gasteiger partial charge in [-0.2, -0.15) is 13.0 Å². The summed E-state index contributed by atoms with van der Waals surface area (Å²) in [7, 11) is -16.4. The standard InChI is InChI=1S/C10H15FN3O14P3/c11-7-5-8(10(14(17)18)6-9(7)13(15)16)12-3-1-2-4-26-30(22,23)28-31(24,25)27-29(19,20)21/h5-6,12H,1-4H2,(H,22,23)(H,24,25)(H2,19,20,21). The summed E-state index contributed by atoms with van der Waals surface area (Å²) in [6.45, 7) is -0.667. The highest BCUT2D eigenvalue weighted by atomic mass is 31.3. The Hall–Kier alpha value is -1.84. The molecule has 0 aliphatic rings. The summed E-state index contributed by atoms with van der Waals surface area (Å²) in [5, 5.41) is 24.1. The van der Waals surface area contributed by atoms with Gasteiger partial charge in [-0.25, -0.2) is 13.7 Å². The molecule has 0 saturated carbocycles. The highest BCUT2D eigenvalue weighted by molar-refractivity contribution is 7.66. The minimum absolute atomic E-state index is 0.0563. The van der Waals surface area contributed by atoms with E-state index >= 15 is 0 Å². The van der Waals surface area contributed by atoms with E-state index in [-0.39, 0.29) is 25.1 Å². The molecule has 0 fully saturated rings. The molecule has 0 heterocycles. The Morgan fingerprint density at radius 2 is 1.52 bits per heavy atom. The Labute approximate surface area is 171 Å². The molecule has 0 bridgehead atoms. The molecule has 5 N–H and O–H groups in total. The lowest BCUT2D eigenvalue weighted by Gasteiger charge is -2.16. The van der Waals surface area contributed by atoms with Crippen molar-refractivity contribution in [2.45, 2.75) is 12.8 Å². The first-order chi connectivity index (χ1) is 14.0. The fraction of sp³-hybridized carbons (Fsp3) is 0.400. The number of phosphoric ester groups is 1. The highest BCUT2D eigenvalue weighted by Crippen LogP contribution is 2.66. The Balaban J connectivity index is 2.56. The highest BCUT2D eigenvalue weighted by Gasteiger charge is 2.40. The zero-order valence-corrected chi connectivity index (χ0v) is 17.7. The van der Waals surface area contributed by atoms with Gasteiger partial charge in [-0.05, 0) is 12.8 Å². The number of benzene rings is 1. The lowest BCUT2D eigenvalue weighted by atomic mass is 10.2. The molecule has 2 atom stereocenters. The molecule has 0 aliphatic heterocycles. The average molecular weight is 513 g/mol. The fourth-order valence-corrected chi connectivity index (χ4v) is 4.97. The maximum absolute atomic E-state index is 13.6. The van der Waals surface area contributed by atoms with E-state index in [1.165, 1.54) is 0 Å². The van der Waals surface area contributed by atoms with Crippen LogP contribution in [-0.2, 0) is 26.8 Å². The number of rotatable bonds is 13. The summed E-state index contributed by atoms with van der Waals surface area (Å²) in [4.78, 5) is 54.5. The fourth-order valence-electron chi connectivity index (χ4n) is 1.92. The second-order valence-electron chi connectivity index (χ2n) is 5.39. The molecular weight excluding hydrogens is 498 g/mol. The predicted octanol–water partition coefficient (Wildman–Crippen LogP) is 2.18. The molecule has 1 rings (SSSR count). The number of nitro benzene ring substituents is 2. The molecule has 176 valence electrons. The van der Waals surface area contributed by atoms with Gasteiger partial charge >= 0.3 is 29.2 Å². The summed E-state index contributed by atoms with van der Waals surface area (Å²) in [5.74, 6) is -1.31. The molecular formula is C10H15FN3O14P3. The summed E-state index contributed by atoms with van der Waals surface area (Å²) in [5.41, 5.74) is -2.21. The monoisotopic (exact) mass is 513 g/mol. The average Bonchev–Trinajstić information content (AvgIpc) is 2.53. The van der Waals surface area contributed by atoms with E-state index in [0.717, 1.165) is 0 Å². The maximum Gasteiger partial charge on any atom is 0.490 e. The normalized spacial score (nSPS) is 15.6. The van der Waals surface area contributed by atoms with Crippen molar-refractivity contribution < 1.29 is 60.7 Å². The SMILES string of the molecule is O=[N+]([O-])c1cc([N+](=O)[O-])c(NCCCCOP(=O)(O)OP(=O)(O)OP(=O)(O)O)cc1F. The molecule has 0 spiro atoms. The van der Waals surface area contributed by atoms with Gasteiger partial charge in [-0.3, -0.25) is 24.8 Å². The number of hydrogen-bond donors (Lipinski definition) is 5. The van der Waals surface area contributed by atoms with Crippen molar-refractivity contribution >= 4 is 40.5 Å². The zero-order chi connectivity index (χ0) is 24.0. The van der Waals surface area contributed by atoms with E-state index in [1.54, 1.807) is 0 Å². The smallest absolute Gasteiger partial charge is 0.379 e. The Morgan fingerprint density at radius 1 is 0.935 bits per heavy atom. The summed E-state index contributed by atoms with van der Waals surface area (Å²) >= 11 is 0. The largest absolute Gasteiger partial charge is 0.490 e. The lowest BCUT2D eigenvalue weighted by molar-refractivity contribution is -0.395. The quantitative estimate of drug-likeness (QED) is 0.110. The first kappa shape index (κ1) is 27.2. The molecule has 1 aromatic carbocycles. The molecule has 31 heavy (non-hydrogen) atoms. The van der Waals surface area contributed by atoms with E-state index in [1.807, 2.05) is 0 Å². The molecule has 0 amide bonds. The van der Waals surface area contributed by atoms with Crippen LogP contribution >= 0.6 is 23.5 Å². The Kier molecular flexibility index (Phi) is 9.34. The van der Waals surface area contributed by atoms with Gasteiger partial charge in [-0.1, -0.05) is 0 Å². The van der Waals surface area contributed by atoms with Crippen molar-refractivity contribution in [2.24, 2.45) is 0 Å². The van der Waals surface area contributed by atoms with Crippen LogP contribution in [-0.4, -0.2) is 42.6 Å². The van der Waals surface area contributed by atoms with Crippen LogP contribution in [0.4, 0.5) is 21.5 Å². The third-order valence-corrected chi connectivity index (χ3v) is 6.85. The van der Waals surface area contributed by atoms with Crippen LogP contribution in [0.25, 0.3) is 0 Å². The van der Waals surface area contributed by atoms with Crippen LogP contribution in [0.3, 0.4) is 0 Å². The van der Waals surface area contributed by atoms with Crippen LogP contribution < -0.4 is 5.32 Å². The Morgan fingerprint density at radius 3 is 2.03 bits per heavy atom. The minimum Gasteiger partial charge on any atom is -0.379 e. The van der Waals surface area contributed by atoms with Crippen LogP contribution in [0.2, 0.25) is 0 Å². The van der Waals surface area contributed by atoms with Crippen LogP contribution in [0.1, 0.15) is 12.8 Å². The summed E-state index contributed by atoms with van der Waals surface area (Å²) < 4.78 is 58.1. The molecule has 0 radical (unpaired) electrons. The number of phosphoric acid groups is 3. The second kappa shape index (κ2) is 10.7. The van der Waals surface area contributed by atoms with Gasteiger partial charge in [0.05, 0.1) is 22.5 Å². The van der Waals surface area contributed by atoms with E-state index in [4.69, 9.17) is 14.7 Å². The number of unbranched alkanes of at least 4 members (excludes halogenated alkanes) is 1. The second-order valence-corrected chi connectivity index (χ2v) is 9.81. The van der Waals surface area contributed by atoms with Gasteiger partial charge in [0.1, 0.15) is 5.69 Å². The predicted molar refractivity (Wildman–Crippen MR) is 97.2 cm³/mol. The first-order valence-electron chi connectivity index (χ1n) is 7.67. The number of nitrogens with zero attached hydrogens (tertiary/aromatic N) is 2. The van der Waals surface area contributed by atoms with E-state index < -0.39 is 57.1 Å². The van der Waals surface area contributed by atoms with Crippen LogP contribution in [0.15, 0.2) is 12.1 Å². The molecule has 0 aliphatic carbocycles. The van der Waals surface area contributed by atoms with E-state index in [9.17, 15) is 43.2 Å². The summed E-state index contributed by atoms with van der Waals surface area (Å²) in [6, 6.07) is 0.995. The molecule has 1 aromatic rings. The van der Waals surface area contributed by atoms with Crippen molar-refractivity contribution in [2.75, 3.05) is 18.5 Å². The summed E-state index contributed by atoms with van der Waals surface area (Å²) in [6.07, 6.45) is 0.0186. The molecule has 2 unspecified atom stereocenters. The molecule has 0 aromatic heterocycles. The van der Waals surface area contributed by atoms with Crippen molar-refractivity contribution in [1.29, 1.82) is 0 Å². The number of halogens is 1. The molecule has 21 heteroatoms. The van der Waals surface area contributed by atoms with E-state index in [2.05, 4.69) is 18.5 Å². The number of hydrogen-bond acceptors (Lipinski definition) is 11. The van der Waals surface area contributed by atoms with Crippen molar-refractivity contribution in [3.8, 4) is 0 Å². The first-order valence-corrected chi connectivity index (χ1v) is 12.2. The third-order valence-electron chi connectivity index (χ3n) is 3.02. The van der Waals surface area contributed by atoms with Gasteiger partial charge in [0.25, 0.3) is 5.69 Å². The van der Waals surface area contributed by atoms with Gasteiger partial charge in [0, 0.05) is 12.6 Å². The number of nitrogens with one attached hydrogen (secondary N) is 1. The minimum atomic E-state index is -5.63.